The molecule has 0 saturated heterocycles. The van der Waals surface area contributed by atoms with E-state index in [-0.39, 0.29) is 81.5 Å². The van der Waals surface area contributed by atoms with Gasteiger partial charge in [0.2, 0.25) is 0 Å². The quantitative estimate of drug-likeness (QED) is 0.258. The van der Waals surface area contributed by atoms with E-state index in [0.717, 1.165) is 0 Å². The number of ketones is 2. The summed E-state index contributed by atoms with van der Waals surface area (Å²) in [6.45, 7) is 0. The van der Waals surface area contributed by atoms with E-state index in [1.807, 2.05) is 0 Å². The molecule has 31 heavy (non-hydrogen) atoms. The predicted octanol–water partition coefficient (Wildman–Crippen LogP) is -5.06. The van der Waals surface area contributed by atoms with E-state index in [9.17, 15) is 35.5 Å². The molecule has 0 bridgehead atoms. The van der Waals surface area contributed by atoms with E-state index in [1.165, 1.54) is 48.5 Å². The summed E-state index contributed by atoms with van der Waals surface area (Å²) in [5, 5.41) is 2.26. The van der Waals surface area contributed by atoms with Gasteiger partial charge in [-0.1, -0.05) is 42.5 Å². The van der Waals surface area contributed by atoms with Gasteiger partial charge in [-0.2, -0.15) is 0 Å². The van der Waals surface area contributed by atoms with E-state index < -0.39 is 47.5 Å². The van der Waals surface area contributed by atoms with Crippen LogP contribution in [0.2, 0.25) is 0 Å². The van der Waals surface area contributed by atoms with Crippen LogP contribution in [-0.4, -0.2) is 42.4 Å². The van der Waals surface area contributed by atoms with Crippen molar-refractivity contribution in [3.8, 4) is 0 Å². The number of fused-ring (bicyclic) bond motifs is 2. The molecule has 0 radical (unpaired) electrons. The maximum absolute atomic E-state index is 13.0. The fourth-order valence-corrected chi connectivity index (χ4v) is 6.23. The molecule has 150 valence electrons. The first-order valence-corrected chi connectivity index (χ1v) is 11.0. The van der Waals surface area contributed by atoms with Crippen LogP contribution in [-0.2, 0) is 20.2 Å². The van der Waals surface area contributed by atoms with Crippen LogP contribution >= 0.6 is 0 Å². The van der Waals surface area contributed by atoms with Crippen molar-refractivity contribution in [2.24, 2.45) is 5.92 Å². The van der Waals surface area contributed by atoms with Gasteiger partial charge in [-0.25, -0.2) is 16.8 Å². The molecule has 1 atom stereocenters. The Labute approximate surface area is 222 Å². The molecule has 1 heterocycles. The first-order chi connectivity index (χ1) is 13.5. The van der Waals surface area contributed by atoms with Crippen LogP contribution in [0.5, 0.6) is 0 Å². The minimum atomic E-state index is -5.78. The van der Waals surface area contributed by atoms with Crippen LogP contribution in [0, 0.1) is 5.92 Å². The Hall–Kier alpha value is -0.860. The molecule has 2 aromatic rings. The van der Waals surface area contributed by atoms with Crippen LogP contribution in [0.3, 0.4) is 0 Å². The van der Waals surface area contributed by atoms with Gasteiger partial charge in [-0.05, 0) is 17.7 Å². The average Bonchev–Trinajstić information content (AvgIpc) is 2.90. The Balaban J connectivity index is 0.00000171. The molecule has 0 amide bonds. The minimum absolute atomic E-state index is 0. The van der Waals surface area contributed by atoms with Crippen LogP contribution < -0.4 is 64.4 Å². The fraction of sp³-hybridized carbons (Fsp3) is 0.111. The molecule has 0 spiro atoms. The summed E-state index contributed by atoms with van der Waals surface area (Å²) in [6.07, 6.45) is 0.715. The number of hydrogen-bond acceptors (Lipinski definition) is 9. The van der Waals surface area contributed by atoms with Crippen LogP contribution in [0.15, 0.2) is 53.4 Å². The van der Waals surface area contributed by atoms with Crippen LogP contribution in [0.25, 0.3) is 6.08 Å². The van der Waals surface area contributed by atoms with Gasteiger partial charge in [-0.15, -0.1) is 0 Å². The molecular weight excluding hydrogens is 468 g/mol. The minimum Gasteiger partial charge on any atom is -0.746 e. The van der Waals surface area contributed by atoms with E-state index in [0.29, 0.717) is 6.08 Å². The second-order valence-corrected chi connectivity index (χ2v) is 9.47. The summed E-state index contributed by atoms with van der Waals surface area (Å²) in [4.78, 5) is 21.2. The molecule has 0 fully saturated rings. The number of nitrogens with one attached hydrogen (secondary N) is 1. The Morgan fingerprint density at radius 2 is 1.29 bits per heavy atom. The monoisotopic (exact) mass is 479 g/mol. The molecule has 13 heteroatoms. The summed E-state index contributed by atoms with van der Waals surface area (Å²) < 4.78 is 73.3. The number of benzene rings is 2. The number of carbonyl (C=O) groups excluding carboxylic acids is 2. The maximum Gasteiger partial charge on any atom is 1.00 e. The molecule has 4 rings (SSSR count). The van der Waals surface area contributed by atoms with Crippen molar-refractivity contribution in [1.29, 1.82) is 0 Å². The Morgan fingerprint density at radius 3 is 1.77 bits per heavy atom. The van der Waals surface area contributed by atoms with Crippen LogP contribution in [0.4, 0.5) is 5.69 Å². The van der Waals surface area contributed by atoms with Crippen molar-refractivity contribution < 1.29 is 94.6 Å². The molecule has 1 aliphatic carbocycles. The summed E-state index contributed by atoms with van der Waals surface area (Å²) >= 11 is 0. The molecule has 1 aliphatic heterocycles. The Bertz CT molecular complexity index is 1300. The van der Waals surface area contributed by atoms with Crippen molar-refractivity contribution in [3.05, 3.63) is 70.1 Å². The summed E-state index contributed by atoms with van der Waals surface area (Å²) in [5.74, 6) is -4.40. The number of Topliss-reactive ketones (excluding diaryl/α,β-unsaturated/α-hetero) is 2. The van der Waals surface area contributed by atoms with Crippen molar-refractivity contribution in [1.82, 2.24) is 0 Å². The second-order valence-electron chi connectivity index (χ2n) is 6.57. The van der Waals surface area contributed by atoms with Crippen molar-refractivity contribution in [2.45, 2.75) is 4.87 Å². The van der Waals surface area contributed by atoms with E-state index in [4.69, 9.17) is 0 Å². The molecule has 1 N–H and O–H groups in total. The third-order valence-electron chi connectivity index (χ3n) is 4.99. The summed E-state index contributed by atoms with van der Waals surface area (Å²) in [6, 6.07) is 11.0. The third kappa shape index (κ3) is 4.01. The molecule has 0 saturated carbocycles. The average molecular weight is 479 g/mol. The number of carbonyl (C=O) groups is 2. The molecular formula is C18H11NNa2O8S2. The zero-order chi connectivity index (χ0) is 21.2. The number of hydrogen-bond donors (Lipinski definition) is 1. The van der Waals surface area contributed by atoms with Gasteiger partial charge >= 0.3 is 59.1 Å². The number of rotatable bonds is 3. The van der Waals surface area contributed by atoms with E-state index >= 15 is 0 Å². The van der Waals surface area contributed by atoms with Gasteiger partial charge in [0.25, 0.3) is 0 Å². The first-order valence-electron chi connectivity index (χ1n) is 8.16. The Kier molecular flexibility index (Phi) is 7.51. The van der Waals surface area contributed by atoms with Crippen molar-refractivity contribution in [2.75, 3.05) is 5.32 Å². The standard InChI is InChI=1S/C18H13NO8S2.2Na/c20-16-11-6-2-3-7-12(11)17(21)15(16)18(29(25,26)27)14(28(22,23)24)9-10-5-1-4-8-13(10)19-18;;/h1-9,15,19H,(H,22,23,24)(H,25,26,27);;/q;2*+1/p-2. The van der Waals surface area contributed by atoms with Gasteiger partial charge in [0.1, 0.15) is 26.2 Å². The van der Waals surface area contributed by atoms with Gasteiger partial charge in [0, 0.05) is 16.8 Å². The first kappa shape index (κ1) is 26.4. The third-order valence-corrected chi connectivity index (χ3v) is 7.44. The number of para-hydroxylation sites is 1. The van der Waals surface area contributed by atoms with Gasteiger partial charge in [0.15, 0.2) is 16.4 Å². The molecule has 1 unspecified atom stereocenters. The zero-order valence-electron chi connectivity index (χ0n) is 16.4. The smallest absolute Gasteiger partial charge is 0.746 e. The van der Waals surface area contributed by atoms with Gasteiger partial charge in [0.05, 0.1) is 4.91 Å². The molecule has 2 aromatic carbocycles. The zero-order valence-corrected chi connectivity index (χ0v) is 22.0. The normalized spacial score (nSPS) is 20.5. The van der Waals surface area contributed by atoms with Gasteiger partial charge in [-0.3, -0.25) is 9.59 Å². The Morgan fingerprint density at radius 1 is 0.806 bits per heavy atom. The molecule has 2 aliphatic rings. The maximum atomic E-state index is 13.0. The predicted molar refractivity (Wildman–Crippen MR) is 98.8 cm³/mol. The van der Waals surface area contributed by atoms with Crippen molar-refractivity contribution >= 4 is 43.6 Å². The topological polar surface area (TPSA) is 161 Å². The number of anilines is 1. The van der Waals surface area contributed by atoms with E-state index in [1.54, 1.807) is 0 Å². The van der Waals surface area contributed by atoms with Crippen molar-refractivity contribution in [3.63, 3.8) is 0 Å². The summed E-state index contributed by atoms with van der Waals surface area (Å²) in [7, 11) is -11.3. The van der Waals surface area contributed by atoms with Gasteiger partial charge < -0.3 is 14.4 Å². The largest absolute Gasteiger partial charge is 1.00 e. The van der Waals surface area contributed by atoms with E-state index in [2.05, 4.69) is 5.32 Å². The molecule has 0 aromatic heterocycles. The second kappa shape index (κ2) is 8.82. The fourth-order valence-electron chi connectivity index (χ4n) is 3.76. The SMILES string of the molecule is O=C1c2ccccc2C(=O)C1C1(S(=O)(=O)[O-])Nc2ccccc2C=C1S(=O)(=O)[O-].[Na+].[Na+]. The summed E-state index contributed by atoms with van der Waals surface area (Å²) in [5.41, 5.74) is -0.227. The molecule has 9 nitrogen and oxygen atoms in total. The van der Waals surface area contributed by atoms with Crippen LogP contribution in [0.1, 0.15) is 26.3 Å².